The molecule has 1 atom stereocenters. The van der Waals surface area contributed by atoms with Gasteiger partial charge in [0.25, 0.3) is 0 Å². The van der Waals surface area contributed by atoms with Gasteiger partial charge in [0.15, 0.2) is 0 Å². The largest absolute Gasteiger partial charge is 0.465 e. The number of halogens is 1. The molecule has 0 radical (unpaired) electrons. The first-order valence-corrected chi connectivity index (χ1v) is 11.7. The third kappa shape index (κ3) is 9.53. The Balaban J connectivity index is 0.00000249. The Kier molecular flexibility index (Phi) is 14.3. The molecule has 0 aliphatic carbocycles. The molecule has 2 aromatic carbocycles. The van der Waals surface area contributed by atoms with Gasteiger partial charge in [-0.1, -0.05) is 42.5 Å². The Bertz CT molecular complexity index is 783. The summed E-state index contributed by atoms with van der Waals surface area (Å²) < 4.78 is 36.1. The molecule has 2 rings (SSSR count). The molecule has 0 saturated heterocycles. The highest BCUT2D eigenvalue weighted by molar-refractivity contribution is 7.41. The smallest absolute Gasteiger partial charge is 0.332 e. The first-order chi connectivity index (χ1) is 15.6. The lowest BCUT2D eigenvalue weighted by Crippen LogP contribution is -2.14. The van der Waals surface area contributed by atoms with E-state index in [0.717, 1.165) is 12.0 Å². The van der Waals surface area contributed by atoms with Crippen LogP contribution in [0.15, 0.2) is 48.5 Å². The van der Waals surface area contributed by atoms with Gasteiger partial charge in [-0.15, -0.1) is 0 Å². The van der Waals surface area contributed by atoms with E-state index in [-0.39, 0.29) is 18.4 Å². The van der Waals surface area contributed by atoms with Crippen LogP contribution in [0, 0.1) is 5.82 Å². The standard InChI is InChI=1S/C23H30FO5P.CH2O/c1-4-27-30(28-5-2)29-16-10-9-15-26-23(25)18(3)20-13-14-21(22(24)17-20)19-11-7-6-8-12-19;1-2/h6-8,11-14,17-18H,4-5,9-10,15-16H2,1-3H3;1H2. The van der Waals surface area contributed by atoms with Crippen molar-refractivity contribution >= 4 is 21.4 Å². The number of carbonyl (C=O) groups excluding carboxylic acids is 2. The molecule has 0 fully saturated rings. The molecular weight excluding hydrogens is 434 g/mol. The molecule has 1 unspecified atom stereocenters. The number of hydrogen-bond donors (Lipinski definition) is 0. The highest BCUT2D eigenvalue weighted by Crippen LogP contribution is 2.39. The Hall–Kier alpha value is -2.18. The van der Waals surface area contributed by atoms with Gasteiger partial charge >= 0.3 is 14.6 Å². The molecule has 0 heterocycles. The lowest BCUT2D eigenvalue weighted by molar-refractivity contribution is -0.145. The van der Waals surface area contributed by atoms with Crippen LogP contribution in [0.3, 0.4) is 0 Å². The summed E-state index contributed by atoms with van der Waals surface area (Å²) in [5, 5.41) is 0. The summed E-state index contributed by atoms with van der Waals surface area (Å²) in [6.45, 7) is 9.34. The monoisotopic (exact) mass is 466 g/mol. The van der Waals surface area contributed by atoms with Crippen LogP contribution in [0.1, 0.15) is 45.1 Å². The average Bonchev–Trinajstić information content (AvgIpc) is 2.82. The number of unbranched alkanes of at least 4 members (excludes halogenated alkanes) is 1. The van der Waals surface area contributed by atoms with Gasteiger partial charge in [0.2, 0.25) is 0 Å². The average molecular weight is 466 g/mol. The molecule has 2 aromatic rings. The van der Waals surface area contributed by atoms with Crippen molar-refractivity contribution in [2.24, 2.45) is 0 Å². The third-order valence-corrected chi connectivity index (χ3v) is 5.71. The molecule has 0 N–H and O–H groups in total. The Labute approximate surface area is 191 Å². The van der Waals surface area contributed by atoms with Crippen LogP contribution in [0.2, 0.25) is 0 Å². The second-order valence-corrected chi connectivity index (χ2v) is 7.82. The summed E-state index contributed by atoms with van der Waals surface area (Å²) in [6, 6.07) is 14.2. The van der Waals surface area contributed by atoms with Crippen molar-refractivity contribution in [3.63, 3.8) is 0 Å². The molecule has 0 spiro atoms. The van der Waals surface area contributed by atoms with Gasteiger partial charge in [-0.05, 0) is 50.8 Å². The van der Waals surface area contributed by atoms with Gasteiger partial charge < -0.3 is 23.1 Å². The van der Waals surface area contributed by atoms with Crippen molar-refractivity contribution < 1.29 is 32.3 Å². The van der Waals surface area contributed by atoms with Gasteiger partial charge in [0.1, 0.15) is 12.6 Å². The molecule has 0 bridgehead atoms. The number of benzene rings is 2. The van der Waals surface area contributed by atoms with Crippen molar-refractivity contribution in [3.05, 3.63) is 59.9 Å². The maximum atomic E-state index is 14.5. The second kappa shape index (κ2) is 16.5. The molecule has 0 aliphatic heterocycles. The fourth-order valence-corrected chi connectivity index (χ4v) is 3.68. The molecule has 0 saturated carbocycles. The van der Waals surface area contributed by atoms with E-state index >= 15 is 0 Å². The van der Waals surface area contributed by atoms with Gasteiger partial charge in [-0.2, -0.15) is 0 Å². The number of rotatable bonds is 13. The van der Waals surface area contributed by atoms with Crippen molar-refractivity contribution in [1.82, 2.24) is 0 Å². The van der Waals surface area contributed by atoms with E-state index in [1.165, 1.54) is 6.07 Å². The Morgan fingerprint density at radius 3 is 2.19 bits per heavy atom. The topological polar surface area (TPSA) is 71.1 Å². The number of carbonyl (C=O) groups is 2. The van der Waals surface area contributed by atoms with Crippen molar-refractivity contribution in [2.45, 2.75) is 39.5 Å². The van der Waals surface area contributed by atoms with Gasteiger partial charge in [-0.25, -0.2) is 4.39 Å². The fraction of sp³-hybridized carbons (Fsp3) is 0.417. The van der Waals surface area contributed by atoms with Crippen LogP contribution in [0.25, 0.3) is 11.1 Å². The van der Waals surface area contributed by atoms with Crippen LogP contribution in [0.4, 0.5) is 4.39 Å². The van der Waals surface area contributed by atoms with Crippen molar-refractivity contribution in [1.29, 1.82) is 0 Å². The maximum Gasteiger partial charge on any atom is 0.332 e. The minimum atomic E-state index is -1.30. The minimum Gasteiger partial charge on any atom is -0.465 e. The Morgan fingerprint density at radius 1 is 0.969 bits per heavy atom. The van der Waals surface area contributed by atoms with E-state index in [1.807, 2.05) is 51.0 Å². The molecular formula is C24H32FO6P. The zero-order chi connectivity index (χ0) is 23.8. The van der Waals surface area contributed by atoms with Gasteiger partial charge in [0, 0.05) is 5.56 Å². The molecule has 8 heteroatoms. The fourth-order valence-electron chi connectivity index (χ4n) is 2.75. The van der Waals surface area contributed by atoms with Crippen LogP contribution in [-0.2, 0) is 27.9 Å². The van der Waals surface area contributed by atoms with Gasteiger partial charge in [-0.3, -0.25) is 4.79 Å². The summed E-state index contributed by atoms with van der Waals surface area (Å²) in [5.41, 5.74) is 1.91. The van der Waals surface area contributed by atoms with Crippen molar-refractivity contribution in [2.75, 3.05) is 26.4 Å². The summed E-state index contributed by atoms with van der Waals surface area (Å²) in [7, 11) is -1.30. The summed E-state index contributed by atoms with van der Waals surface area (Å²) in [6.07, 6.45) is 1.39. The molecule has 0 aliphatic rings. The van der Waals surface area contributed by atoms with E-state index in [4.69, 9.17) is 23.1 Å². The predicted molar refractivity (Wildman–Crippen MR) is 124 cm³/mol. The zero-order valence-electron chi connectivity index (χ0n) is 18.9. The van der Waals surface area contributed by atoms with Crippen molar-refractivity contribution in [3.8, 4) is 11.1 Å². The van der Waals surface area contributed by atoms with Crippen LogP contribution < -0.4 is 0 Å². The molecule has 0 amide bonds. The van der Waals surface area contributed by atoms with E-state index in [2.05, 4.69) is 0 Å². The first-order valence-electron chi connectivity index (χ1n) is 10.6. The van der Waals surface area contributed by atoms with E-state index in [9.17, 15) is 9.18 Å². The lowest BCUT2D eigenvalue weighted by atomic mass is 9.97. The quantitative estimate of drug-likeness (QED) is 0.203. The number of esters is 1. The van der Waals surface area contributed by atoms with Gasteiger partial charge in [0.05, 0.1) is 32.3 Å². The maximum absolute atomic E-state index is 14.5. The molecule has 6 nitrogen and oxygen atoms in total. The highest BCUT2D eigenvalue weighted by Gasteiger charge is 2.18. The van der Waals surface area contributed by atoms with Crippen LogP contribution in [-0.4, -0.2) is 39.2 Å². The highest BCUT2D eigenvalue weighted by atomic mass is 31.2. The molecule has 32 heavy (non-hydrogen) atoms. The zero-order valence-corrected chi connectivity index (χ0v) is 19.8. The predicted octanol–water partition coefficient (Wildman–Crippen LogP) is 6.05. The third-order valence-electron chi connectivity index (χ3n) is 4.38. The minimum absolute atomic E-state index is 0.290. The van der Waals surface area contributed by atoms with Crippen LogP contribution >= 0.6 is 8.60 Å². The second-order valence-electron chi connectivity index (χ2n) is 6.59. The van der Waals surface area contributed by atoms with E-state index in [1.54, 1.807) is 19.1 Å². The number of hydrogen-bond acceptors (Lipinski definition) is 6. The Morgan fingerprint density at radius 2 is 1.59 bits per heavy atom. The normalized spacial score (nSPS) is 11.5. The summed E-state index contributed by atoms with van der Waals surface area (Å²) in [4.78, 5) is 20.3. The summed E-state index contributed by atoms with van der Waals surface area (Å²) >= 11 is 0. The lowest BCUT2D eigenvalue weighted by Gasteiger charge is -2.15. The van der Waals surface area contributed by atoms with E-state index in [0.29, 0.717) is 37.4 Å². The van der Waals surface area contributed by atoms with E-state index < -0.39 is 14.5 Å². The molecule has 0 aromatic heterocycles. The first kappa shape index (κ1) is 27.9. The number of ether oxygens (including phenoxy) is 1. The SMILES string of the molecule is C=O.CCOP(OCC)OCCCCOC(=O)C(C)c1ccc(-c2ccccc2)c(F)c1. The summed E-state index contributed by atoms with van der Waals surface area (Å²) in [5.74, 6) is -1.26. The molecule has 176 valence electrons. The van der Waals surface area contributed by atoms with Crippen LogP contribution in [0.5, 0.6) is 0 Å².